The van der Waals surface area contributed by atoms with Crippen LogP contribution in [0, 0.1) is 0 Å². The van der Waals surface area contributed by atoms with Crippen molar-refractivity contribution in [1.82, 2.24) is 10.9 Å². The number of amides is 2. The molecule has 18 heavy (non-hydrogen) atoms. The highest BCUT2D eigenvalue weighted by atomic mass is 16.3. The van der Waals surface area contributed by atoms with E-state index in [1.165, 1.54) is 36.6 Å². The minimum absolute atomic E-state index is 0.0278. The summed E-state index contributed by atoms with van der Waals surface area (Å²) in [6.07, 6.45) is 1.35. The number of hydrogen-bond donors (Lipinski definition) is 3. The lowest BCUT2D eigenvalue weighted by molar-refractivity contribution is 0.0831. The molecule has 6 nitrogen and oxygen atoms in total. The second kappa shape index (κ2) is 5.05. The van der Waals surface area contributed by atoms with Crippen LogP contribution in [0.25, 0.3) is 0 Å². The second-order valence-electron chi connectivity index (χ2n) is 3.44. The Morgan fingerprint density at radius 1 is 1.06 bits per heavy atom. The first-order valence-corrected chi connectivity index (χ1v) is 5.10. The van der Waals surface area contributed by atoms with Crippen LogP contribution in [0.15, 0.2) is 47.1 Å². The third kappa shape index (κ3) is 2.67. The first-order chi connectivity index (χ1) is 8.66. The van der Waals surface area contributed by atoms with Crippen LogP contribution in [-0.2, 0) is 0 Å². The predicted octanol–water partition coefficient (Wildman–Crippen LogP) is 1.06. The fraction of sp³-hybridized carbons (Fsp3) is 0. The Labute approximate surface area is 102 Å². The summed E-state index contributed by atoms with van der Waals surface area (Å²) in [6, 6.07) is 8.79. The van der Waals surface area contributed by atoms with Gasteiger partial charge in [0.2, 0.25) is 0 Å². The van der Waals surface area contributed by atoms with Crippen molar-refractivity contribution < 1.29 is 19.1 Å². The minimum Gasteiger partial charge on any atom is -0.508 e. The fourth-order valence-electron chi connectivity index (χ4n) is 1.30. The summed E-state index contributed by atoms with van der Waals surface area (Å²) in [7, 11) is 0. The number of nitrogens with one attached hydrogen (secondary N) is 2. The van der Waals surface area contributed by atoms with Gasteiger partial charge in [0.15, 0.2) is 5.76 Å². The third-order valence-electron chi connectivity index (χ3n) is 2.14. The molecule has 3 N–H and O–H groups in total. The van der Waals surface area contributed by atoms with E-state index in [1.54, 1.807) is 6.07 Å². The standard InChI is InChI=1S/C12H10N2O4/c15-9-4-1-3-8(7-9)11(16)13-14-12(17)10-5-2-6-18-10/h1-7,15H,(H,13,16)(H,14,17). The topological polar surface area (TPSA) is 91.6 Å². The molecule has 0 aliphatic heterocycles. The first-order valence-electron chi connectivity index (χ1n) is 5.10. The Hall–Kier alpha value is -2.76. The van der Waals surface area contributed by atoms with Crippen molar-refractivity contribution in [3.8, 4) is 5.75 Å². The maximum Gasteiger partial charge on any atom is 0.305 e. The van der Waals surface area contributed by atoms with E-state index >= 15 is 0 Å². The number of aromatic hydroxyl groups is 1. The van der Waals surface area contributed by atoms with E-state index in [-0.39, 0.29) is 17.1 Å². The van der Waals surface area contributed by atoms with Gasteiger partial charge in [-0.1, -0.05) is 6.07 Å². The van der Waals surface area contributed by atoms with Crippen LogP contribution < -0.4 is 10.9 Å². The molecule has 0 saturated heterocycles. The lowest BCUT2D eigenvalue weighted by atomic mass is 10.2. The van der Waals surface area contributed by atoms with Crippen molar-refractivity contribution in [2.75, 3.05) is 0 Å². The van der Waals surface area contributed by atoms with Gasteiger partial charge in [-0.15, -0.1) is 0 Å². The lowest BCUT2D eigenvalue weighted by Crippen LogP contribution is -2.41. The van der Waals surface area contributed by atoms with Gasteiger partial charge in [-0.3, -0.25) is 20.4 Å². The van der Waals surface area contributed by atoms with Crippen LogP contribution in [-0.4, -0.2) is 16.9 Å². The number of furan rings is 1. The Balaban J connectivity index is 1.95. The zero-order valence-corrected chi connectivity index (χ0v) is 9.21. The number of hydrogen-bond acceptors (Lipinski definition) is 4. The Morgan fingerprint density at radius 2 is 1.83 bits per heavy atom. The van der Waals surface area contributed by atoms with Crippen molar-refractivity contribution in [2.45, 2.75) is 0 Å². The molecule has 0 saturated carbocycles. The Morgan fingerprint density at radius 3 is 2.50 bits per heavy atom. The molecular weight excluding hydrogens is 236 g/mol. The van der Waals surface area contributed by atoms with Gasteiger partial charge in [0, 0.05) is 5.56 Å². The molecule has 0 aliphatic rings. The van der Waals surface area contributed by atoms with Gasteiger partial charge in [-0.2, -0.15) is 0 Å². The molecule has 0 bridgehead atoms. The van der Waals surface area contributed by atoms with Gasteiger partial charge in [-0.25, -0.2) is 0 Å². The van der Waals surface area contributed by atoms with E-state index in [1.807, 2.05) is 0 Å². The Kier molecular flexibility index (Phi) is 3.29. The van der Waals surface area contributed by atoms with Crippen LogP contribution in [0.5, 0.6) is 5.75 Å². The normalized spacial score (nSPS) is 9.78. The van der Waals surface area contributed by atoms with Gasteiger partial charge in [0.05, 0.1) is 6.26 Å². The molecule has 0 unspecified atom stereocenters. The molecule has 2 aromatic rings. The average Bonchev–Trinajstić information content (AvgIpc) is 2.89. The second-order valence-corrected chi connectivity index (χ2v) is 3.44. The van der Waals surface area contributed by atoms with E-state index in [0.717, 1.165) is 0 Å². The van der Waals surface area contributed by atoms with Crippen molar-refractivity contribution in [3.05, 3.63) is 54.0 Å². The SMILES string of the molecule is O=C(NNC(=O)c1ccco1)c1cccc(O)c1. The van der Waals surface area contributed by atoms with Crippen LogP contribution in [0.4, 0.5) is 0 Å². The maximum atomic E-state index is 11.6. The summed E-state index contributed by atoms with van der Waals surface area (Å²) in [5.41, 5.74) is 4.62. The zero-order valence-electron chi connectivity index (χ0n) is 9.21. The van der Waals surface area contributed by atoms with Crippen LogP contribution in [0.1, 0.15) is 20.9 Å². The molecule has 1 aromatic heterocycles. The highest BCUT2D eigenvalue weighted by Crippen LogP contribution is 2.10. The highest BCUT2D eigenvalue weighted by molar-refractivity contribution is 5.98. The van der Waals surface area contributed by atoms with Crippen LogP contribution >= 0.6 is 0 Å². The smallest absolute Gasteiger partial charge is 0.305 e. The number of phenols is 1. The summed E-state index contributed by atoms with van der Waals surface area (Å²) in [5.74, 6) is -1.04. The van der Waals surface area contributed by atoms with Gasteiger partial charge >= 0.3 is 5.91 Å². The van der Waals surface area contributed by atoms with Gasteiger partial charge in [-0.05, 0) is 30.3 Å². The third-order valence-corrected chi connectivity index (χ3v) is 2.14. The summed E-state index contributed by atoms with van der Waals surface area (Å²) < 4.78 is 4.85. The minimum atomic E-state index is -0.562. The molecular formula is C12H10N2O4. The first kappa shape index (κ1) is 11.7. The number of rotatable bonds is 2. The summed E-state index contributed by atoms with van der Waals surface area (Å²) in [5, 5.41) is 9.21. The van der Waals surface area contributed by atoms with Crippen molar-refractivity contribution in [3.63, 3.8) is 0 Å². The van der Waals surface area contributed by atoms with Crippen LogP contribution in [0.2, 0.25) is 0 Å². The number of carbonyl (C=O) groups is 2. The van der Waals surface area contributed by atoms with Crippen molar-refractivity contribution in [1.29, 1.82) is 0 Å². The molecule has 6 heteroatoms. The molecule has 1 aromatic carbocycles. The molecule has 0 radical (unpaired) electrons. The molecule has 0 atom stereocenters. The van der Waals surface area contributed by atoms with E-state index < -0.39 is 11.8 Å². The van der Waals surface area contributed by atoms with Gasteiger partial charge in [0.25, 0.3) is 5.91 Å². The maximum absolute atomic E-state index is 11.6. The van der Waals surface area contributed by atoms with Crippen LogP contribution in [0.3, 0.4) is 0 Å². The molecule has 92 valence electrons. The number of phenolic OH excluding ortho intramolecular Hbond substituents is 1. The molecule has 2 amide bonds. The van der Waals surface area contributed by atoms with E-state index in [9.17, 15) is 14.7 Å². The molecule has 0 aliphatic carbocycles. The molecule has 2 rings (SSSR count). The Bertz CT molecular complexity index is 563. The lowest BCUT2D eigenvalue weighted by Gasteiger charge is -2.05. The molecule has 0 fully saturated rings. The van der Waals surface area contributed by atoms with Gasteiger partial charge in [0.1, 0.15) is 5.75 Å². The number of benzene rings is 1. The van der Waals surface area contributed by atoms with E-state index in [0.29, 0.717) is 0 Å². The fourth-order valence-corrected chi connectivity index (χ4v) is 1.30. The number of hydrazine groups is 1. The summed E-state index contributed by atoms with van der Waals surface area (Å²) in [4.78, 5) is 23.0. The highest BCUT2D eigenvalue weighted by Gasteiger charge is 2.10. The van der Waals surface area contributed by atoms with E-state index in [2.05, 4.69) is 10.9 Å². The quantitative estimate of drug-likeness (QED) is 0.691. The van der Waals surface area contributed by atoms with Gasteiger partial charge < -0.3 is 9.52 Å². The average molecular weight is 246 g/mol. The monoisotopic (exact) mass is 246 g/mol. The van der Waals surface area contributed by atoms with Crippen molar-refractivity contribution >= 4 is 11.8 Å². The largest absolute Gasteiger partial charge is 0.508 e. The van der Waals surface area contributed by atoms with E-state index in [4.69, 9.17) is 4.42 Å². The molecule has 1 heterocycles. The molecule has 0 spiro atoms. The van der Waals surface area contributed by atoms with Crippen molar-refractivity contribution in [2.24, 2.45) is 0 Å². The summed E-state index contributed by atoms with van der Waals surface area (Å²) in [6.45, 7) is 0. The summed E-state index contributed by atoms with van der Waals surface area (Å²) >= 11 is 0. The predicted molar refractivity (Wildman–Crippen MR) is 61.7 cm³/mol. The zero-order chi connectivity index (χ0) is 13.0. The number of carbonyl (C=O) groups excluding carboxylic acids is 2.